The molecule has 2 aromatic carbocycles. The molecule has 0 aromatic heterocycles. The van der Waals surface area contributed by atoms with Crippen LogP contribution in [0, 0.1) is 0 Å². The molecule has 6 nitrogen and oxygen atoms in total. The number of carbonyl (C=O) groups is 1. The number of nitrogens with one attached hydrogen (secondary N) is 2. The van der Waals surface area contributed by atoms with Crippen LogP contribution in [0.2, 0.25) is 0 Å². The van der Waals surface area contributed by atoms with Crippen molar-refractivity contribution in [3.05, 3.63) is 53.1 Å². The fraction of sp³-hybridized carbons (Fsp3) is 0.381. The van der Waals surface area contributed by atoms with E-state index in [1.165, 1.54) is 56.2 Å². The fourth-order valence-electron chi connectivity index (χ4n) is 3.53. The van der Waals surface area contributed by atoms with E-state index in [1.54, 1.807) is 0 Å². The van der Waals surface area contributed by atoms with Gasteiger partial charge in [-0.2, -0.15) is 0 Å². The number of rotatable bonds is 6. The van der Waals surface area contributed by atoms with Crippen LogP contribution in [0.4, 0.5) is 5.69 Å². The van der Waals surface area contributed by atoms with Gasteiger partial charge in [0.25, 0.3) is 0 Å². The van der Waals surface area contributed by atoms with E-state index in [9.17, 15) is 13.2 Å². The zero-order valence-corrected chi connectivity index (χ0v) is 17.2. The average molecular weight is 403 g/mol. The zero-order chi connectivity index (χ0) is 20.3. The Morgan fingerprint density at radius 1 is 1.07 bits per heavy atom. The summed E-state index contributed by atoms with van der Waals surface area (Å²) in [4.78, 5) is 11.5. The SMILES string of the molecule is COc1ccc(S(=O)(=O)N[C@H](C)c2ccc3c(c2)CCCC3)cc1NC(C)=O. The van der Waals surface area contributed by atoms with Crippen molar-refractivity contribution >= 4 is 21.6 Å². The predicted octanol–water partition coefficient (Wildman–Crippen LogP) is 3.57. The standard InChI is InChI=1S/C21H26N2O4S/c1-14(17-9-8-16-6-4-5-7-18(16)12-17)23-28(25,26)19-10-11-21(27-3)20(13-19)22-15(2)24/h8-14,23H,4-7H2,1-3H3,(H,22,24)/t14-/m1/s1. The highest BCUT2D eigenvalue weighted by Gasteiger charge is 2.21. The molecule has 1 atom stereocenters. The van der Waals surface area contributed by atoms with Crippen molar-refractivity contribution in [1.29, 1.82) is 0 Å². The largest absolute Gasteiger partial charge is 0.495 e. The van der Waals surface area contributed by atoms with Crippen LogP contribution in [0.1, 0.15) is 49.4 Å². The quantitative estimate of drug-likeness (QED) is 0.774. The van der Waals surface area contributed by atoms with Crippen LogP contribution in [0.15, 0.2) is 41.3 Å². The van der Waals surface area contributed by atoms with Crippen molar-refractivity contribution in [2.75, 3.05) is 12.4 Å². The van der Waals surface area contributed by atoms with Crippen molar-refractivity contribution in [3.8, 4) is 5.75 Å². The lowest BCUT2D eigenvalue weighted by Gasteiger charge is -2.20. The Kier molecular flexibility index (Phi) is 6.05. The molecule has 2 N–H and O–H groups in total. The van der Waals surface area contributed by atoms with Crippen LogP contribution >= 0.6 is 0 Å². The van der Waals surface area contributed by atoms with Crippen molar-refractivity contribution in [1.82, 2.24) is 4.72 Å². The number of aryl methyl sites for hydroxylation is 2. The van der Waals surface area contributed by atoms with Crippen molar-refractivity contribution in [2.24, 2.45) is 0 Å². The van der Waals surface area contributed by atoms with Crippen LogP contribution in [-0.4, -0.2) is 21.4 Å². The summed E-state index contributed by atoms with van der Waals surface area (Å²) in [5.74, 6) is 0.0973. The second-order valence-corrected chi connectivity index (χ2v) is 8.84. The molecule has 0 saturated heterocycles. The lowest BCUT2D eigenvalue weighted by atomic mass is 9.89. The third-order valence-corrected chi connectivity index (χ3v) is 6.53. The van der Waals surface area contributed by atoms with Gasteiger partial charge in [-0.3, -0.25) is 4.79 Å². The summed E-state index contributed by atoms with van der Waals surface area (Å²) >= 11 is 0. The minimum absolute atomic E-state index is 0.0712. The normalized spacial score (nSPS) is 14.8. The fourth-order valence-corrected chi connectivity index (χ4v) is 4.79. The van der Waals surface area contributed by atoms with Crippen LogP contribution in [0.5, 0.6) is 5.75 Å². The number of anilines is 1. The Balaban J connectivity index is 1.84. The number of sulfonamides is 1. The molecule has 28 heavy (non-hydrogen) atoms. The second-order valence-electron chi connectivity index (χ2n) is 7.12. The lowest BCUT2D eigenvalue weighted by molar-refractivity contribution is -0.114. The average Bonchev–Trinajstić information content (AvgIpc) is 2.66. The maximum Gasteiger partial charge on any atom is 0.241 e. The van der Waals surface area contributed by atoms with Crippen LogP contribution in [0.25, 0.3) is 0 Å². The van der Waals surface area contributed by atoms with Crippen LogP contribution in [-0.2, 0) is 27.7 Å². The summed E-state index contributed by atoms with van der Waals surface area (Å²) in [7, 11) is -2.31. The molecule has 1 amide bonds. The van der Waals surface area contributed by atoms with E-state index in [-0.39, 0.29) is 16.8 Å². The molecule has 0 aliphatic heterocycles. The van der Waals surface area contributed by atoms with Crippen molar-refractivity contribution in [3.63, 3.8) is 0 Å². The van der Waals surface area contributed by atoms with Crippen LogP contribution < -0.4 is 14.8 Å². The molecular formula is C21H26N2O4S. The Morgan fingerprint density at radius 3 is 2.46 bits per heavy atom. The summed E-state index contributed by atoms with van der Waals surface area (Å²) in [5.41, 5.74) is 3.94. The molecular weight excluding hydrogens is 376 g/mol. The molecule has 2 aromatic rings. The number of hydrogen-bond acceptors (Lipinski definition) is 4. The summed E-state index contributed by atoms with van der Waals surface area (Å²) < 4.78 is 33.7. The summed E-state index contributed by atoms with van der Waals surface area (Å²) in [6, 6.07) is 10.2. The van der Waals surface area contributed by atoms with Gasteiger partial charge in [-0.05, 0) is 67.5 Å². The number of methoxy groups -OCH3 is 1. The van der Waals surface area contributed by atoms with Gasteiger partial charge < -0.3 is 10.1 Å². The first-order valence-corrected chi connectivity index (χ1v) is 10.9. The van der Waals surface area contributed by atoms with E-state index in [0.29, 0.717) is 11.4 Å². The highest BCUT2D eigenvalue weighted by Crippen LogP contribution is 2.29. The Hall–Kier alpha value is -2.38. The third-order valence-electron chi connectivity index (χ3n) is 5.00. The first-order valence-electron chi connectivity index (χ1n) is 9.40. The second kappa shape index (κ2) is 8.32. The topological polar surface area (TPSA) is 84.5 Å². The summed E-state index contributed by atoms with van der Waals surface area (Å²) in [6.45, 7) is 3.19. The molecule has 0 heterocycles. The van der Waals surface area contributed by atoms with Gasteiger partial charge >= 0.3 is 0 Å². The molecule has 0 spiro atoms. The van der Waals surface area contributed by atoms with Crippen molar-refractivity contribution in [2.45, 2.75) is 50.5 Å². The lowest BCUT2D eigenvalue weighted by Crippen LogP contribution is -2.27. The number of amides is 1. The number of ether oxygens (including phenoxy) is 1. The van der Waals surface area contributed by atoms with Crippen molar-refractivity contribution < 1.29 is 17.9 Å². The summed E-state index contributed by atoms with van der Waals surface area (Å²) in [6.07, 6.45) is 4.52. The van der Waals surface area contributed by atoms with E-state index in [0.717, 1.165) is 18.4 Å². The van der Waals surface area contributed by atoms with Crippen LogP contribution in [0.3, 0.4) is 0 Å². The van der Waals surface area contributed by atoms with E-state index < -0.39 is 10.0 Å². The maximum absolute atomic E-state index is 12.9. The Morgan fingerprint density at radius 2 is 1.79 bits per heavy atom. The van der Waals surface area contributed by atoms with Gasteiger partial charge in [0.05, 0.1) is 17.7 Å². The minimum atomic E-state index is -3.77. The molecule has 1 aliphatic rings. The van der Waals surface area contributed by atoms with E-state index in [2.05, 4.69) is 22.2 Å². The smallest absolute Gasteiger partial charge is 0.241 e. The third kappa shape index (κ3) is 4.54. The van der Waals surface area contributed by atoms with Gasteiger partial charge in [0.2, 0.25) is 15.9 Å². The highest BCUT2D eigenvalue weighted by molar-refractivity contribution is 7.89. The number of fused-ring (bicyclic) bond motifs is 1. The molecule has 0 fully saturated rings. The van der Waals surface area contributed by atoms with Gasteiger partial charge in [-0.25, -0.2) is 13.1 Å². The zero-order valence-electron chi connectivity index (χ0n) is 16.4. The first-order chi connectivity index (χ1) is 13.3. The van der Waals surface area contributed by atoms with E-state index >= 15 is 0 Å². The minimum Gasteiger partial charge on any atom is -0.495 e. The molecule has 3 rings (SSSR count). The molecule has 0 bridgehead atoms. The molecule has 0 unspecified atom stereocenters. The van der Waals surface area contributed by atoms with Gasteiger partial charge in [0.1, 0.15) is 5.75 Å². The van der Waals surface area contributed by atoms with Gasteiger partial charge in [0, 0.05) is 13.0 Å². The molecule has 150 valence electrons. The molecule has 1 aliphatic carbocycles. The molecule has 0 saturated carbocycles. The Bertz CT molecular complexity index is 986. The number of benzene rings is 2. The van der Waals surface area contributed by atoms with E-state index in [4.69, 9.17) is 4.74 Å². The van der Waals surface area contributed by atoms with E-state index in [1.807, 2.05) is 13.0 Å². The monoisotopic (exact) mass is 402 g/mol. The van der Waals surface area contributed by atoms with Gasteiger partial charge in [-0.1, -0.05) is 18.2 Å². The Labute approximate surface area is 166 Å². The molecule has 0 radical (unpaired) electrons. The number of carbonyl (C=O) groups excluding carboxylic acids is 1. The van der Waals surface area contributed by atoms with Gasteiger partial charge in [0.15, 0.2) is 0 Å². The summed E-state index contributed by atoms with van der Waals surface area (Å²) in [5, 5.41) is 2.60. The number of hydrogen-bond donors (Lipinski definition) is 2. The highest BCUT2D eigenvalue weighted by atomic mass is 32.2. The predicted molar refractivity (Wildman–Crippen MR) is 109 cm³/mol. The molecule has 7 heteroatoms. The first kappa shape index (κ1) is 20.4. The maximum atomic E-state index is 12.9. The van der Waals surface area contributed by atoms with Gasteiger partial charge in [-0.15, -0.1) is 0 Å².